The van der Waals surface area contributed by atoms with Gasteiger partial charge in [-0.15, -0.1) is 0 Å². The summed E-state index contributed by atoms with van der Waals surface area (Å²) in [5.41, 5.74) is 5.51. The van der Waals surface area contributed by atoms with Gasteiger partial charge in [-0.3, -0.25) is 5.01 Å². The van der Waals surface area contributed by atoms with Gasteiger partial charge in [0, 0.05) is 0 Å². The lowest BCUT2D eigenvalue weighted by Gasteiger charge is -2.22. The van der Waals surface area contributed by atoms with E-state index in [4.69, 9.17) is 22.1 Å². The molecule has 0 aromatic rings. The maximum Gasteiger partial charge on any atom is 0.189 e. The molecule has 12 heavy (non-hydrogen) atoms. The van der Waals surface area contributed by atoms with Crippen LogP contribution in [0.4, 0.5) is 0 Å². The van der Waals surface area contributed by atoms with Gasteiger partial charge in [0.1, 0.15) is 11.9 Å². The fraction of sp³-hybridized carbons (Fsp3) is 0. The number of nitriles is 2. The van der Waals surface area contributed by atoms with E-state index in [0.717, 1.165) is 9.91 Å². The molecule has 4 N–H and O–H groups in total. The molecule has 0 amide bonds. The van der Waals surface area contributed by atoms with Crippen LogP contribution in [0.25, 0.3) is 0 Å². The Bertz CT molecular complexity index is 327. The first-order chi connectivity index (χ1) is 5.69. The van der Waals surface area contributed by atoms with Crippen LogP contribution < -0.4 is 11.6 Å². The molecular weight excluding hydrogens is 156 g/mol. The average Bonchev–Trinajstić information content (AvgIpc) is 2.09. The smallest absolute Gasteiger partial charge is 0.189 e. The number of nitrogens with zero attached hydrogens (tertiary/aromatic N) is 4. The van der Waals surface area contributed by atoms with Crippen molar-refractivity contribution in [2.24, 2.45) is 11.6 Å². The van der Waals surface area contributed by atoms with Gasteiger partial charge in [-0.1, -0.05) is 0 Å². The van der Waals surface area contributed by atoms with E-state index in [0.29, 0.717) is 0 Å². The van der Waals surface area contributed by atoms with Gasteiger partial charge in [0.2, 0.25) is 0 Å². The number of allylic oxidation sites excluding steroid dienone is 1. The highest BCUT2D eigenvalue weighted by molar-refractivity contribution is 5.29. The second-order valence-corrected chi connectivity index (χ2v) is 2.06. The summed E-state index contributed by atoms with van der Waals surface area (Å²) in [5.74, 6) is 5.54. The highest BCUT2D eigenvalue weighted by Crippen LogP contribution is 2.11. The Morgan fingerprint density at radius 2 is 2.00 bits per heavy atom. The molecule has 1 aliphatic heterocycles. The van der Waals surface area contributed by atoms with Crippen molar-refractivity contribution < 1.29 is 0 Å². The first-order valence-electron chi connectivity index (χ1n) is 3.01. The van der Waals surface area contributed by atoms with Crippen LogP contribution in [0.15, 0.2) is 23.9 Å². The van der Waals surface area contributed by atoms with Crippen molar-refractivity contribution in [1.29, 1.82) is 10.5 Å². The van der Waals surface area contributed by atoms with Gasteiger partial charge < -0.3 is 5.73 Å². The van der Waals surface area contributed by atoms with Crippen molar-refractivity contribution in [3.63, 3.8) is 0 Å². The van der Waals surface area contributed by atoms with Crippen molar-refractivity contribution >= 4 is 0 Å². The predicted octanol–water partition coefficient (Wildman–Crippen LogP) is -0.919. The Morgan fingerprint density at radius 1 is 1.33 bits per heavy atom. The molecule has 0 aromatic heterocycles. The molecule has 0 radical (unpaired) electrons. The normalized spacial score (nSPS) is 15.9. The molecule has 0 aliphatic carbocycles. The molecular formula is C6H6N6. The van der Waals surface area contributed by atoms with E-state index in [2.05, 4.69) is 0 Å². The first kappa shape index (κ1) is 7.92. The van der Waals surface area contributed by atoms with E-state index in [9.17, 15) is 0 Å². The highest BCUT2D eigenvalue weighted by Gasteiger charge is 2.14. The van der Waals surface area contributed by atoms with Gasteiger partial charge >= 0.3 is 0 Å². The maximum absolute atomic E-state index is 8.53. The number of hydrogen-bond acceptors (Lipinski definition) is 6. The minimum absolute atomic E-state index is 0.134. The van der Waals surface area contributed by atoms with Crippen LogP contribution >= 0.6 is 0 Å². The molecule has 0 fully saturated rings. The molecule has 0 spiro atoms. The van der Waals surface area contributed by atoms with Crippen LogP contribution in [-0.2, 0) is 0 Å². The van der Waals surface area contributed by atoms with Crippen LogP contribution in [0, 0.1) is 22.8 Å². The molecule has 0 unspecified atom stereocenters. The zero-order chi connectivity index (χ0) is 9.14. The van der Waals surface area contributed by atoms with Crippen LogP contribution in [0.5, 0.6) is 0 Å². The Morgan fingerprint density at radius 3 is 2.50 bits per heavy atom. The lowest BCUT2D eigenvalue weighted by molar-refractivity contribution is 0.433. The second-order valence-electron chi connectivity index (χ2n) is 2.06. The van der Waals surface area contributed by atoms with E-state index in [1.807, 2.05) is 0 Å². The Hall–Kier alpha value is -2.18. The summed E-state index contributed by atoms with van der Waals surface area (Å²) in [6.07, 6.45) is 4.31. The van der Waals surface area contributed by atoms with E-state index < -0.39 is 0 Å². The Labute approximate surface area is 69.1 Å². The van der Waals surface area contributed by atoms with Gasteiger partial charge in [0.15, 0.2) is 11.9 Å². The standard InChI is InChI=1S/C6H6N6/c7-1-5-2-12(10)6(9)3-11(5)4-8/h2-3H,9-10H2. The summed E-state index contributed by atoms with van der Waals surface area (Å²) in [6.45, 7) is 0. The van der Waals surface area contributed by atoms with Crippen molar-refractivity contribution in [3.8, 4) is 12.3 Å². The van der Waals surface area contributed by atoms with Crippen LogP contribution in [0.1, 0.15) is 0 Å². The number of rotatable bonds is 0. The fourth-order valence-corrected chi connectivity index (χ4v) is 0.702. The van der Waals surface area contributed by atoms with E-state index >= 15 is 0 Å². The number of nitrogens with two attached hydrogens (primary N) is 2. The summed E-state index contributed by atoms with van der Waals surface area (Å²) >= 11 is 0. The summed E-state index contributed by atoms with van der Waals surface area (Å²) in [4.78, 5) is 1.04. The zero-order valence-electron chi connectivity index (χ0n) is 6.10. The monoisotopic (exact) mass is 162 g/mol. The average molecular weight is 162 g/mol. The molecule has 1 aliphatic rings. The summed E-state index contributed by atoms with van der Waals surface area (Å²) < 4.78 is 0. The maximum atomic E-state index is 8.53. The lowest BCUT2D eigenvalue weighted by Crippen LogP contribution is -2.35. The third-order valence-electron chi connectivity index (χ3n) is 1.30. The minimum Gasteiger partial charge on any atom is -0.383 e. The third-order valence-corrected chi connectivity index (χ3v) is 1.30. The molecule has 6 nitrogen and oxygen atoms in total. The minimum atomic E-state index is 0.134. The summed E-state index contributed by atoms with van der Waals surface area (Å²) in [5, 5.41) is 18.1. The van der Waals surface area contributed by atoms with Gasteiger partial charge in [-0.25, -0.2) is 10.7 Å². The van der Waals surface area contributed by atoms with E-state index in [-0.39, 0.29) is 11.5 Å². The Kier molecular flexibility index (Phi) is 1.86. The molecule has 0 bridgehead atoms. The first-order valence-corrected chi connectivity index (χ1v) is 3.01. The van der Waals surface area contributed by atoms with Crippen LogP contribution in [-0.4, -0.2) is 9.91 Å². The van der Waals surface area contributed by atoms with E-state index in [1.165, 1.54) is 12.4 Å². The van der Waals surface area contributed by atoms with Gasteiger partial charge in [-0.2, -0.15) is 10.5 Å². The van der Waals surface area contributed by atoms with Gasteiger partial charge in [-0.05, 0) is 0 Å². The topological polar surface area (TPSA) is 106 Å². The molecule has 0 saturated carbocycles. The molecule has 1 rings (SSSR count). The largest absolute Gasteiger partial charge is 0.383 e. The van der Waals surface area contributed by atoms with Crippen molar-refractivity contribution in [2.75, 3.05) is 0 Å². The summed E-state index contributed by atoms with van der Waals surface area (Å²) in [6, 6.07) is 1.80. The van der Waals surface area contributed by atoms with Gasteiger partial charge in [0.25, 0.3) is 0 Å². The number of hydrazine groups is 1. The van der Waals surface area contributed by atoms with E-state index in [1.54, 1.807) is 12.3 Å². The lowest BCUT2D eigenvalue weighted by atomic mass is 10.4. The highest BCUT2D eigenvalue weighted by atomic mass is 15.4. The quantitative estimate of drug-likeness (QED) is 0.352. The zero-order valence-corrected chi connectivity index (χ0v) is 6.10. The molecule has 60 valence electrons. The molecule has 1 heterocycles. The molecule has 0 saturated heterocycles. The predicted molar refractivity (Wildman–Crippen MR) is 39.4 cm³/mol. The van der Waals surface area contributed by atoms with Crippen LogP contribution in [0.2, 0.25) is 0 Å². The second kappa shape index (κ2) is 2.82. The van der Waals surface area contributed by atoms with Crippen molar-refractivity contribution in [3.05, 3.63) is 23.9 Å². The number of hydrogen-bond donors (Lipinski definition) is 2. The van der Waals surface area contributed by atoms with Crippen LogP contribution in [0.3, 0.4) is 0 Å². The SMILES string of the molecule is N#CC1=CN(N)C(N)=CN1C#N. The van der Waals surface area contributed by atoms with Crippen molar-refractivity contribution in [1.82, 2.24) is 9.91 Å². The molecule has 0 atom stereocenters. The molecule has 6 heteroatoms. The summed E-state index contributed by atoms with van der Waals surface area (Å²) in [7, 11) is 0. The molecule has 0 aromatic carbocycles. The van der Waals surface area contributed by atoms with Gasteiger partial charge in [0.05, 0.1) is 12.4 Å². The third kappa shape index (κ3) is 1.15. The fourth-order valence-electron chi connectivity index (χ4n) is 0.702. The Balaban J connectivity index is 3.01. The van der Waals surface area contributed by atoms with Crippen molar-refractivity contribution in [2.45, 2.75) is 0 Å².